The van der Waals surface area contributed by atoms with E-state index >= 15 is 0 Å². The lowest BCUT2D eigenvalue weighted by atomic mass is 9.97. The Hall–Kier alpha value is -1.28. The smallest absolute Gasteiger partial charge is 0.314 e. The third-order valence-corrected chi connectivity index (χ3v) is 4.35. The molecule has 144 valence electrons. The topological polar surface area (TPSA) is 98.9 Å². The van der Waals surface area contributed by atoms with Gasteiger partial charge in [-0.2, -0.15) is 0 Å². The first-order valence-electron chi connectivity index (χ1n) is 8.19. The number of nitrogens with zero attached hydrogens (tertiary/aromatic N) is 2. The lowest BCUT2D eigenvalue weighted by Gasteiger charge is -2.35. The van der Waals surface area contributed by atoms with Crippen molar-refractivity contribution in [3.05, 3.63) is 27.8 Å². The molecule has 1 heterocycles. The minimum Gasteiger partial charge on any atom is -0.504 e. The fraction of sp³-hybridized carbons (Fsp3) is 0.625. The summed E-state index contributed by atoms with van der Waals surface area (Å²) in [4.78, 5) is 12.7. The van der Waals surface area contributed by atoms with Crippen LogP contribution in [0.5, 0.6) is 11.5 Å². The second-order valence-electron chi connectivity index (χ2n) is 5.96. The number of nitro benzene ring substituents is 1. The van der Waals surface area contributed by atoms with Crippen LogP contribution in [-0.2, 0) is 0 Å². The van der Waals surface area contributed by atoms with Gasteiger partial charge in [0.1, 0.15) is 0 Å². The van der Waals surface area contributed by atoms with Gasteiger partial charge in [0.05, 0.1) is 4.92 Å². The van der Waals surface area contributed by atoms with E-state index in [0.29, 0.717) is 5.56 Å². The molecular formula is C16H27Cl2N3O4. The van der Waals surface area contributed by atoms with E-state index in [0.717, 1.165) is 51.9 Å². The van der Waals surface area contributed by atoms with E-state index < -0.39 is 22.1 Å². The van der Waals surface area contributed by atoms with E-state index in [1.165, 1.54) is 12.1 Å². The molecule has 1 aromatic rings. The van der Waals surface area contributed by atoms with Gasteiger partial charge in [-0.25, -0.2) is 0 Å². The van der Waals surface area contributed by atoms with Crippen LogP contribution in [-0.4, -0.2) is 46.2 Å². The lowest BCUT2D eigenvalue weighted by Crippen LogP contribution is -2.45. The number of aromatic hydroxyl groups is 2. The largest absolute Gasteiger partial charge is 0.504 e. The van der Waals surface area contributed by atoms with E-state index in [4.69, 9.17) is 0 Å². The normalized spacial score (nSPS) is 15.7. The van der Waals surface area contributed by atoms with Crippen LogP contribution < -0.4 is 5.32 Å². The zero-order valence-electron chi connectivity index (χ0n) is 14.3. The van der Waals surface area contributed by atoms with Gasteiger partial charge in [-0.05, 0) is 18.1 Å². The molecule has 1 saturated heterocycles. The first-order chi connectivity index (χ1) is 11.0. The highest BCUT2D eigenvalue weighted by Crippen LogP contribution is 2.40. The molecule has 3 N–H and O–H groups in total. The average Bonchev–Trinajstić information content (AvgIpc) is 2.55. The quantitative estimate of drug-likeness (QED) is 0.283. The summed E-state index contributed by atoms with van der Waals surface area (Å²) in [7, 11) is 0. The summed E-state index contributed by atoms with van der Waals surface area (Å²) < 4.78 is 0. The molecule has 25 heavy (non-hydrogen) atoms. The van der Waals surface area contributed by atoms with Gasteiger partial charge in [0.15, 0.2) is 5.75 Å². The standard InChI is InChI=1S/C16H25N3O4.2ClH/c1-2-3-4-5-13(18-8-6-17-7-9-18)12-10-14(19(22)23)16(21)15(20)11-12;;/h10-11,13,17,20-21H,2-9H2,1H3;2*1H/t13-;;/m1../s1. The lowest BCUT2D eigenvalue weighted by molar-refractivity contribution is -0.386. The molecule has 9 heteroatoms. The number of piperazine rings is 1. The van der Waals surface area contributed by atoms with Gasteiger partial charge in [-0.1, -0.05) is 26.2 Å². The maximum Gasteiger partial charge on any atom is 0.314 e. The van der Waals surface area contributed by atoms with Crippen molar-refractivity contribution >= 4 is 30.5 Å². The molecule has 1 atom stereocenters. The highest BCUT2D eigenvalue weighted by atomic mass is 35.5. The number of phenolic OH excluding ortho intramolecular Hbond substituents is 2. The van der Waals surface area contributed by atoms with Crippen LogP contribution >= 0.6 is 24.8 Å². The summed E-state index contributed by atoms with van der Waals surface area (Å²) in [6.07, 6.45) is 4.12. The van der Waals surface area contributed by atoms with Crippen molar-refractivity contribution in [1.82, 2.24) is 10.2 Å². The Bertz CT molecular complexity index is 554. The summed E-state index contributed by atoms with van der Waals surface area (Å²) in [5, 5.41) is 33.9. The van der Waals surface area contributed by atoms with Crippen LogP contribution in [0.3, 0.4) is 0 Å². The monoisotopic (exact) mass is 395 g/mol. The highest BCUT2D eigenvalue weighted by molar-refractivity contribution is 5.85. The van der Waals surface area contributed by atoms with E-state index in [2.05, 4.69) is 17.1 Å². The minimum absolute atomic E-state index is 0. The summed E-state index contributed by atoms with van der Waals surface area (Å²) in [5.74, 6) is -1.09. The highest BCUT2D eigenvalue weighted by Gasteiger charge is 2.26. The predicted octanol–water partition coefficient (Wildman–Crippen LogP) is 3.38. The SMILES string of the molecule is CCCCC[C@H](c1cc(O)c(O)c([N+](=O)[O-])c1)N1CCNCC1.Cl.Cl. The number of rotatable bonds is 7. The van der Waals surface area contributed by atoms with Crippen molar-refractivity contribution in [3.63, 3.8) is 0 Å². The van der Waals surface area contributed by atoms with Crippen molar-refractivity contribution in [3.8, 4) is 11.5 Å². The molecule has 0 radical (unpaired) electrons. The molecule has 0 bridgehead atoms. The number of nitro groups is 1. The van der Waals surface area contributed by atoms with Crippen LogP contribution in [0.1, 0.15) is 44.2 Å². The van der Waals surface area contributed by atoms with E-state index in [1.807, 2.05) is 0 Å². The Kier molecular flexibility index (Phi) is 10.8. The molecule has 1 aliphatic heterocycles. The number of phenols is 2. The first-order valence-corrected chi connectivity index (χ1v) is 8.19. The Morgan fingerprint density at radius 3 is 2.44 bits per heavy atom. The van der Waals surface area contributed by atoms with Gasteiger partial charge in [0.25, 0.3) is 0 Å². The van der Waals surface area contributed by atoms with Crippen LogP contribution in [0, 0.1) is 10.1 Å². The van der Waals surface area contributed by atoms with Crippen molar-refractivity contribution in [2.24, 2.45) is 0 Å². The fourth-order valence-corrected chi connectivity index (χ4v) is 3.10. The molecule has 2 rings (SSSR count). The number of halogens is 2. The van der Waals surface area contributed by atoms with Gasteiger partial charge in [0, 0.05) is 38.3 Å². The first kappa shape index (κ1) is 23.7. The fourth-order valence-electron chi connectivity index (χ4n) is 3.10. The van der Waals surface area contributed by atoms with Gasteiger partial charge >= 0.3 is 5.69 Å². The van der Waals surface area contributed by atoms with Crippen molar-refractivity contribution < 1.29 is 15.1 Å². The van der Waals surface area contributed by atoms with E-state index in [-0.39, 0.29) is 30.9 Å². The molecular weight excluding hydrogens is 369 g/mol. The zero-order chi connectivity index (χ0) is 16.8. The Balaban J connectivity index is 0.00000288. The molecule has 1 fully saturated rings. The average molecular weight is 396 g/mol. The number of hydrogen-bond donors (Lipinski definition) is 3. The summed E-state index contributed by atoms with van der Waals surface area (Å²) >= 11 is 0. The molecule has 0 spiro atoms. The number of hydrogen-bond acceptors (Lipinski definition) is 6. The van der Waals surface area contributed by atoms with Crippen molar-refractivity contribution in [2.75, 3.05) is 26.2 Å². The van der Waals surface area contributed by atoms with Gasteiger partial charge in [-0.15, -0.1) is 24.8 Å². The number of nitrogens with one attached hydrogen (secondary N) is 1. The predicted molar refractivity (Wildman–Crippen MR) is 102 cm³/mol. The molecule has 7 nitrogen and oxygen atoms in total. The summed E-state index contributed by atoms with van der Waals surface area (Å²) in [5.41, 5.74) is 0.264. The Morgan fingerprint density at radius 1 is 1.24 bits per heavy atom. The van der Waals surface area contributed by atoms with E-state index in [1.54, 1.807) is 0 Å². The molecule has 1 aliphatic rings. The van der Waals surface area contributed by atoms with Crippen LogP contribution in [0.25, 0.3) is 0 Å². The van der Waals surface area contributed by atoms with Crippen LogP contribution in [0.15, 0.2) is 12.1 Å². The van der Waals surface area contributed by atoms with Gasteiger partial charge < -0.3 is 15.5 Å². The third-order valence-electron chi connectivity index (χ3n) is 4.35. The molecule has 0 saturated carbocycles. The Morgan fingerprint density at radius 2 is 1.88 bits per heavy atom. The zero-order valence-corrected chi connectivity index (χ0v) is 15.9. The van der Waals surface area contributed by atoms with Crippen molar-refractivity contribution in [2.45, 2.75) is 38.6 Å². The summed E-state index contributed by atoms with van der Waals surface area (Å²) in [6, 6.07) is 2.88. The Labute approximate surface area is 160 Å². The number of benzene rings is 1. The molecule has 0 aliphatic carbocycles. The number of unbranched alkanes of at least 4 members (excludes halogenated alkanes) is 2. The molecule has 1 aromatic carbocycles. The van der Waals surface area contributed by atoms with Crippen molar-refractivity contribution in [1.29, 1.82) is 0 Å². The van der Waals surface area contributed by atoms with E-state index in [9.17, 15) is 20.3 Å². The summed E-state index contributed by atoms with van der Waals surface area (Å²) in [6.45, 7) is 5.64. The van der Waals surface area contributed by atoms with Crippen LogP contribution in [0.4, 0.5) is 5.69 Å². The van der Waals surface area contributed by atoms with Gasteiger partial charge in [-0.3, -0.25) is 15.0 Å². The minimum atomic E-state index is -0.661. The second-order valence-corrected chi connectivity index (χ2v) is 5.96. The second kappa shape index (κ2) is 11.4. The maximum atomic E-state index is 11.1. The molecule has 0 aromatic heterocycles. The maximum absolute atomic E-state index is 11.1. The van der Waals surface area contributed by atoms with Gasteiger partial charge in [0.2, 0.25) is 5.75 Å². The third kappa shape index (κ3) is 6.18. The molecule has 0 unspecified atom stereocenters. The van der Waals surface area contributed by atoms with Crippen LogP contribution in [0.2, 0.25) is 0 Å². The molecule has 0 amide bonds.